The molecular weight excluding hydrogens is 415 g/mol. The second-order valence-electron chi connectivity index (χ2n) is 8.38. The van der Waals surface area contributed by atoms with Gasteiger partial charge in [0, 0.05) is 35.0 Å². The molecule has 0 aliphatic carbocycles. The summed E-state index contributed by atoms with van der Waals surface area (Å²) < 4.78 is 14.8. The number of piperidine rings is 1. The van der Waals surface area contributed by atoms with E-state index in [9.17, 15) is 4.39 Å². The lowest BCUT2D eigenvalue weighted by Crippen LogP contribution is -2.28. The molecule has 0 amide bonds. The first-order valence-electron chi connectivity index (χ1n) is 11.2. The SMILES string of the molecule is Nc1cnc(-c2ccnnc2)cc1-c1cc(-c2ccc(CN3CCCCC3)cc2)cnc1F. The summed E-state index contributed by atoms with van der Waals surface area (Å²) in [6.07, 6.45) is 10.2. The minimum absolute atomic E-state index is 0.341. The van der Waals surface area contributed by atoms with E-state index in [-0.39, 0.29) is 0 Å². The molecule has 2 N–H and O–H groups in total. The third-order valence-corrected chi connectivity index (χ3v) is 6.09. The fourth-order valence-corrected chi connectivity index (χ4v) is 4.27. The maximum absolute atomic E-state index is 14.8. The number of aromatic nitrogens is 4. The molecule has 0 unspecified atom stereocenters. The molecule has 3 aromatic heterocycles. The molecule has 0 saturated carbocycles. The van der Waals surface area contributed by atoms with Crippen molar-refractivity contribution in [1.82, 2.24) is 25.1 Å². The second kappa shape index (κ2) is 9.42. The summed E-state index contributed by atoms with van der Waals surface area (Å²) >= 11 is 0. The first kappa shape index (κ1) is 21.2. The Bertz CT molecular complexity index is 1240. The van der Waals surface area contributed by atoms with E-state index in [1.807, 2.05) is 0 Å². The molecule has 7 heteroatoms. The van der Waals surface area contributed by atoms with Crippen molar-refractivity contribution in [2.75, 3.05) is 18.8 Å². The molecule has 5 rings (SSSR count). The summed E-state index contributed by atoms with van der Waals surface area (Å²) in [6.45, 7) is 3.29. The van der Waals surface area contributed by atoms with Crippen LogP contribution >= 0.6 is 0 Å². The zero-order valence-corrected chi connectivity index (χ0v) is 18.3. The highest BCUT2D eigenvalue weighted by molar-refractivity contribution is 5.82. The molecule has 1 aliphatic heterocycles. The zero-order chi connectivity index (χ0) is 22.6. The number of nitrogens with zero attached hydrogens (tertiary/aromatic N) is 5. The molecule has 1 aliphatic rings. The van der Waals surface area contributed by atoms with Gasteiger partial charge in [0.25, 0.3) is 0 Å². The van der Waals surface area contributed by atoms with Crippen LogP contribution in [-0.2, 0) is 6.54 Å². The Labute approximate surface area is 192 Å². The van der Waals surface area contributed by atoms with Gasteiger partial charge in [0.1, 0.15) is 0 Å². The average molecular weight is 441 g/mol. The first-order valence-corrected chi connectivity index (χ1v) is 11.2. The summed E-state index contributed by atoms with van der Waals surface area (Å²) in [5.41, 5.74) is 12.0. The predicted molar refractivity (Wildman–Crippen MR) is 127 cm³/mol. The second-order valence-corrected chi connectivity index (χ2v) is 8.38. The number of hydrogen-bond donors (Lipinski definition) is 1. The smallest absolute Gasteiger partial charge is 0.220 e. The normalized spacial score (nSPS) is 14.3. The summed E-state index contributed by atoms with van der Waals surface area (Å²) in [5, 5.41) is 7.68. The van der Waals surface area contributed by atoms with Crippen LogP contribution in [-0.4, -0.2) is 38.2 Å². The molecule has 4 heterocycles. The van der Waals surface area contributed by atoms with Gasteiger partial charge in [0.2, 0.25) is 5.95 Å². The third kappa shape index (κ3) is 4.73. The van der Waals surface area contributed by atoms with Crippen molar-refractivity contribution in [2.45, 2.75) is 25.8 Å². The van der Waals surface area contributed by atoms with Crippen LogP contribution in [0.5, 0.6) is 0 Å². The summed E-state index contributed by atoms with van der Waals surface area (Å²) in [4.78, 5) is 10.9. The van der Waals surface area contributed by atoms with E-state index in [1.165, 1.54) is 31.0 Å². The molecule has 1 fully saturated rings. The highest BCUT2D eigenvalue weighted by Gasteiger charge is 2.15. The molecule has 33 heavy (non-hydrogen) atoms. The predicted octanol–water partition coefficient (Wildman–Crippen LogP) is 4.97. The van der Waals surface area contributed by atoms with Crippen LogP contribution in [0.4, 0.5) is 10.1 Å². The Morgan fingerprint density at radius 2 is 1.61 bits per heavy atom. The minimum atomic E-state index is -0.572. The van der Waals surface area contributed by atoms with Crippen molar-refractivity contribution < 1.29 is 4.39 Å². The van der Waals surface area contributed by atoms with E-state index in [1.54, 1.807) is 36.8 Å². The van der Waals surface area contributed by atoms with Crippen LogP contribution < -0.4 is 5.73 Å². The number of benzene rings is 1. The number of rotatable bonds is 5. The Morgan fingerprint density at radius 3 is 2.36 bits per heavy atom. The van der Waals surface area contributed by atoms with Gasteiger partial charge in [-0.3, -0.25) is 9.88 Å². The van der Waals surface area contributed by atoms with Crippen molar-refractivity contribution in [1.29, 1.82) is 0 Å². The third-order valence-electron chi connectivity index (χ3n) is 6.09. The Hall–Kier alpha value is -3.71. The number of likely N-dealkylation sites (tertiary alicyclic amines) is 1. The fourth-order valence-electron chi connectivity index (χ4n) is 4.27. The lowest BCUT2D eigenvalue weighted by atomic mass is 9.99. The molecule has 166 valence electrons. The lowest BCUT2D eigenvalue weighted by molar-refractivity contribution is 0.221. The maximum Gasteiger partial charge on any atom is 0.220 e. The van der Waals surface area contributed by atoms with Gasteiger partial charge in [0.05, 0.1) is 30.0 Å². The molecule has 6 nitrogen and oxygen atoms in total. The molecule has 0 spiro atoms. The fraction of sp³-hybridized carbons (Fsp3) is 0.231. The van der Waals surface area contributed by atoms with Gasteiger partial charge < -0.3 is 5.73 Å². The van der Waals surface area contributed by atoms with Crippen LogP contribution in [0.1, 0.15) is 24.8 Å². The number of anilines is 1. The van der Waals surface area contributed by atoms with Crippen molar-refractivity contribution >= 4 is 5.69 Å². The molecule has 0 bridgehead atoms. The average Bonchev–Trinajstić information content (AvgIpc) is 2.87. The Balaban J connectivity index is 1.44. The maximum atomic E-state index is 14.8. The number of halogens is 1. The van der Waals surface area contributed by atoms with Crippen LogP contribution in [0.25, 0.3) is 33.5 Å². The Morgan fingerprint density at radius 1 is 0.788 bits per heavy atom. The van der Waals surface area contributed by atoms with E-state index in [2.05, 4.69) is 49.3 Å². The number of nitrogens with two attached hydrogens (primary N) is 1. The van der Waals surface area contributed by atoms with Crippen LogP contribution in [0.15, 0.2) is 67.3 Å². The zero-order valence-electron chi connectivity index (χ0n) is 18.3. The summed E-state index contributed by atoms with van der Waals surface area (Å²) in [7, 11) is 0. The van der Waals surface area contributed by atoms with Gasteiger partial charge in [-0.15, -0.1) is 0 Å². The molecular formula is C26H25FN6. The van der Waals surface area contributed by atoms with Gasteiger partial charge >= 0.3 is 0 Å². The van der Waals surface area contributed by atoms with E-state index < -0.39 is 5.95 Å². The quantitative estimate of drug-likeness (QED) is 0.441. The minimum Gasteiger partial charge on any atom is -0.397 e. The van der Waals surface area contributed by atoms with Crippen molar-refractivity contribution in [3.05, 3.63) is 78.8 Å². The number of hydrogen-bond acceptors (Lipinski definition) is 6. The highest BCUT2D eigenvalue weighted by atomic mass is 19.1. The topological polar surface area (TPSA) is 80.8 Å². The van der Waals surface area contributed by atoms with Crippen LogP contribution in [0.2, 0.25) is 0 Å². The van der Waals surface area contributed by atoms with Crippen LogP contribution in [0, 0.1) is 5.95 Å². The van der Waals surface area contributed by atoms with E-state index in [0.717, 1.165) is 36.3 Å². The van der Waals surface area contributed by atoms with E-state index in [0.29, 0.717) is 22.5 Å². The lowest BCUT2D eigenvalue weighted by Gasteiger charge is -2.26. The van der Waals surface area contributed by atoms with Gasteiger partial charge in [-0.2, -0.15) is 14.6 Å². The largest absolute Gasteiger partial charge is 0.397 e. The number of pyridine rings is 2. The van der Waals surface area contributed by atoms with Crippen molar-refractivity contribution in [3.8, 4) is 33.5 Å². The highest BCUT2D eigenvalue weighted by Crippen LogP contribution is 2.33. The van der Waals surface area contributed by atoms with Crippen LogP contribution in [0.3, 0.4) is 0 Å². The van der Waals surface area contributed by atoms with Gasteiger partial charge in [0.15, 0.2) is 0 Å². The Kier molecular flexibility index (Phi) is 6.04. The van der Waals surface area contributed by atoms with Crippen molar-refractivity contribution in [2.24, 2.45) is 0 Å². The van der Waals surface area contributed by atoms with E-state index in [4.69, 9.17) is 5.73 Å². The first-order chi connectivity index (χ1) is 16.2. The molecule has 4 aromatic rings. The standard InChI is InChI=1S/C26H25FN6/c27-26-23(22-13-25(29-16-24(22)28)20-8-9-31-32-15-20)12-21(14-30-26)19-6-4-18(5-7-19)17-33-10-2-1-3-11-33/h4-9,12-16H,1-3,10-11,17,28H2. The molecule has 1 saturated heterocycles. The molecule has 0 atom stereocenters. The van der Waals surface area contributed by atoms with Gasteiger partial charge in [-0.1, -0.05) is 30.7 Å². The summed E-state index contributed by atoms with van der Waals surface area (Å²) in [5.74, 6) is -0.572. The van der Waals surface area contributed by atoms with Gasteiger partial charge in [-0.05, 0) is 55.3 Å². The monoisotopic (exact) mass is 440 g/mol. The number of nitrogen functional groups attached to an aromatic ring is 1. The van der Waals surface area contributed by atoms with E-state index >= 15 is 0 Å². The van der Waals surface area contributed by atoms with Crippen molar-refractivity contribution in [3.63, 3.8) is 0 Å². The molecule has 1 aromatic carbocycles. The van der Waals surface area contributed by atoms with Gasteiger partial charge in [-0.25, -0.2) is 4.98 Å². The molecule has 0 radical (unpaired) electrons. The summed E-state index contributed by atoms with van der Waals surface area (Å²) in [6, 6.07) is 13.8.